The molecule has 2 atom stereocenters. The number of ether oxygens (including phenoxy) is 1. The number of aromatic nitrogens is 2. The van der Waals surface area contributed by atoms with Gasteiger partial charge in [-0.15, -0.1) is 0 Å². The maximum absolute atomic E-state index is 5.77. The largest absolute Gasteiger partial charge is 0.368 e. The Bertz CT molecular complexity index is 359. The second-order valence-corrected chi connectivity index (χ2v) is 5.66. The molecule has 2 N–H and O–H groups in total. The highest BCUT2D eigenvalue weighted by Crippen LogP contribution is 2.28. The van der Waals surface area contributed by atoms with Crippen molar-refractivity contribution in [1.82, 2.24) is 10.1 Å². The molecule has 17 heavy (non-hydrogen) atoms. The first-order valence-corrected chi connectivity index (χ1v) is 7.08. The van der Waals surface area contributed by atoms with Gasteiger partial charge in [0.15, 0.2) is 0 Å². The maximum Gasteiger partial charge on any atom is 0.233 e. The minimum atomic E-state index is -0.229. The summed E-state index contributed by atoms with van der Waals surface area (Å²) in [6.07, 6.45) is 0.843. The summed E-state index contributed by atoms with van der Waals surface area (Å²) in [6, 6.07) is 0. The fraction of sp³-hybridized carbons (Fsp3) is 0.818. The molecule has 1 aliphatic rings. The van der Waals surface area contributed by atoms with Gasteiger partial charge in [0.05, 0.1) is 12.0 Å². The van der Waals surface area contributed by atoms with Crippen molar-refractivity contribution in [1.29, 1.82) is 0 Å². The Morgan fingerprint density at radius 2 is 2.41 bits per heavy atom. The Kier molecular flexibility index (Phi) is 4.06. The molecule has 0 amide bonds. The molecule has 96 valence electrons. The lowest BCUT2D eigenvalue weighted by Gasteiger charge is -2.21. The van der Waals surface area contributed by atoms with Crippen LogP contribution in [0.3, 0.4) is 0 Å². The summed E-state index contributed by atoms with van der Waals surface area (Å²) in [5.41, 5.74) is 5.55. The molecular formula is C11H19N3O2S. The summed E-state index contributed by atoms with van der Waals surface area (Å²) in [7, 11) is 0. The number of thioether (sulfide) groups is 1. The highest BCUT2D eigenvalue weighted by Gasteiger charge is 2.31. The lowest BCUT2D eigenvalue weighted by atomic mass is 9.88. The van der Waals surface area contributed by atoms with Crippen LogP contribution in [0.1, 0.15) is 38.1 Å². The zero-order chi connectivity index (χ0) is 12.3. The van der Waals surface area contributed by atoms with Gasteiger partial charge in [0.25, 0.3) is 0 Å². The molecule has 6 heteroatoms. The van der Waals surface area contributed by atoms with E-state index in [1.54, 1.807) is 0 Å². The average molecular weight is 257 g/mol. The normalized spacial score (nSPS) is 24.5. The van der Waals surface area contributed by atoms with Crippen molar-refractivity contribution in [3.63, 3.8) is 0 Å². The number of hydrogen-bond donors (Lipinski definition) is 1. The third kappa shape index (κ3) is 2.64. The van der Waals surface area contributed by atoms with Crippen LogP contribution < -0.4 is 5.73 Å². The fourth-order valence-electron chi connectivity index (χ4n) is 1.63. The van der Waals surface area contributed by atoms with Gasteiger partial charge in [-0.2, -0.15) is 16.7 Å². The molecule has 1 fully saturated rings. The Morgan fingerprint density at radius 3 is 3.00 bits per heavy atom. The smallest absolute Gasteiger partial charge is 0.233 e. The van der Waals surface area contributed by atoms with Gasteiger partial charge in [-0.1, -0.05) is 12.1 Å². The number of hydrogen-bond acceptors (Lipinski definition) is 6. The molecule has 0 spiro atoms. The number of rotatable bonds is 4. The lowest BCUT2D eigenvalue weighted by molar-refractivity contribution is 0.0677. The minimum absolute atomic E-state index is 0.0369. The van der Waals surface area contributed by atoms with E-state index in [1.165, 1.54) is 0 Å². The Labute approximate surface area is 105 Å². The summed E-state index contributed by atoms with van der Waals surface area (Å²) in [4.78, 5) is 4.45. The summed E-state index contributed by atoms with van der Waals surface area (Å²) >= 11 is 1.85. The van der Waals surface area contributed by atoms with E-state index in [1.807, 2.05) is 18.7 Å². The first-order chi connectivity index (χ1) is 8.19. The van der Waals surface area contributed by atoms with Crippen LogP contribution in [-0.4, -0.2) is 34.8 Å². The van der Waals surface area contributed by atoms with Crippen LogP contribution in [0.4, 0.5) is 0 Å². The van der Waals surface area contributed by atoms with Crippen molar-refractivity contribution >= 4 is 11.8 Å². The highest BCUT2D eigenvalue weighted by atomic mass is 32.2. The van der Waals surface area contributed by atoms with Gasteiger partial charge in [-0.25, -0.2) is 0 Å². The molecule has 2 heterocycles. The Morgan fingerprint density at radius 1 is 1.59 bits per heavy atom. The highest BCUT2D eigenvalue weighted by molar-refractivity contribution is 7.99. The van der Waals surface area contributed by atoms with Gasteiger partial charge < -0.3 is 15.0 Å². The molecule has 1 aliphatic heterocycles. The first-order valence-electron chi connectivity index (χ1n) is 5.93. The van der Waals surface area contributed by atoms with Crippen LogP contribution in [0.5, 0.6) is 0 Å². The van der Waals surface area contributed by atoms with Crippen LogP contribution in [0.2, 0.25) is 0 Å². The van der Waals surface area contributed by atoms with Gasteiger partial charge in [-0.3, -0.25) is 0 Å². The molecular weight excluding hydrogens is 238 g/mol. The van der Waals surface area contributed by atoms with Crippen molar-refractivity contribution < 1.29 is 9.26 Å². The standard InChI is InChI=1S/C11H19N3O2S/c1-3-11(2,7-12)10-13-9(14-16-10)8-6-17-5-4-15-8/h8H,3-7,12H2,1-2H3. The van der Waals surface area contributed by atoms with Crippen molar-refractivity contribution in [2.45, 2.75) is 31.8 Å². The quantitative estimate of drug-likeness (QED) is 0.881. The topological polar surface area (TPSA) is 74.2 Å². The molecule has 0 radical (unpaired) electrons. The van der Waals surface area contributed by atoms with Crippen LogP contribution in [0, 0.1) is 0 Å². The maximum atomic E-state index is 5.77. The van der Waals surface area contributed by atoms with Gasteiger partial charge in [0, 0.05) is 18.1 Å². The van der Waals surface area contributed by atoms with E-state index in [0.717, 1.165) is 24.5 Å². The fourth-order valence-corrected chi connectivity index (χ4v) is 2.47. The van der Waals surface area contributed by atoms with Gasteiger partial charge in [-0.05, 0) is 13.3 Å². The van der Waals surface area contributed by atoms with E-state index in [0.29, 0.717) is 18.3 Å². The molecule has 0 saturated carbocycles. The predicted molar refractivity (Wildman–Crippen MR) is 67.0 cm³/mol. The van der Waals surface area contributed by atoms with Gasteiger partial charge in [0.1, 0.15) is 6.10 Å². The Balaban J connectivity index is 2.14. The molecule has 1 saturated heterocycles. The van der Waals surface area contributed by atoms with E-state index in [4.69, 9.17) is 15.0 Å². The molecule has 1 aromatic heterocycles. The SMILES string of the molecule is CCC(C)(CN)c1nc(C2CSCCO2)no1. The van der Waals surface area contributed by atoms with E-state index in [9.17, 15) is 0 Å². The first kappa shape index (κ1) is 12.9. The van der Waals surface area contributed by atoms with Crippen LogP contribution in [-0.2, 0) is 10.2 Å². The number of nitrogens with two attached hydrogens (primary N) is 1. The monoisotopic (exact) mass is 257 g/mol. The molecule has 5 nitrogen and oxygen atoms in total. The second kappa shape index (κ2) is 5.37. The zero-order valence-electron chi connectivity index (χ0n) is 10.3. The Hall–Kier alpha value is -0.590. The van der Waals surface area contributed by atoms with E-state index in [-0.39, 0.29) is 11.5 Å². The summed E-state index contributed by atoms with van der Waals surface area (Å²) in [6.45, 7) is 5.37. The number of nitrogens with zero attached hydrogens (tertiary/aromatic N) is 2. The molecule has 0 aromatic carbocycles. The zero-order valence-corrected chi connectivity index (χ0v) is 11.1. The van der Waals surface area contributed by atoms with Gasteiger partial charge >= 0.3 is 0 Å². The third-order valence-electron chi connectivity index (χ3n) is 3.29. The molecule has 2 rings (SSSR count). The van der Waals surface area contributed by atoms with Crippen LogP contribution in [0.25, 0.3) is 0 Å². The second-order valence-electron chi connectivity index (χ2n) is 4.51. The molecule has 2 unspecified atom stereocenters. The van der Waals surface area contributed by atoms with Crippen molar-refractivity contribution in [2.75, 3.05) is 24.7 Å². The summed E-state index contributed by atoms with van der Waals surface area (Å²) < 4.78 is 11.0. The van der Waals surface area contributed by atoms with Crippen molar-refractivity contribution in [3.8, 4) is 0 Å². The summed E-state index contributed by atoms with van der Waals surface area (Å²) in [5.74, 6) is 3.21. The lowest BCUT2D eigenvalue weighted by Crippen LogP contribution is -2.31. The minimum Gasteiger partial charge on any atom is -0.368 e. The van der Waals surface area contributed by atoms with Crippen LogP contribution in [0.15, 0.2) is 4.52 Å². The van der Waals surface area contributed by atoms with E-state index in [2.05, 4.69) is 17.1 Å². The van der Waals surface area contributed by atoms with Crippen LogP contribution >= 0.6 is 11.8 Å². The third-order valence-corrected chi connectivity index (χ3v) is 4.29. The predicted octanol–water partition coefficient (Wildman–Crippen LogP) is 1.50. The molecule has 1 aromatic rings. The van der Waals surface area contributed by atoms with E-state index < -0.39 is 0 Å². The van der Waals surface area contributed by atoms with E-state index >= 15 is 0 Å². The molecule has 0 aliphatic carbocycles. The molecule has 0 bridgehead atoms. The van der Waals surface area contributed by atoms with Crippen molar-refractivity contribution in [3.05, 3.63) is 11.7 Å². The summed E-state index contributed by atoms with van der Waals surface area (Å²) in [5, 5.41) is 4.02. The van der Waals surface area contributed by atoms with Gasteiger partial charge in [0.2, 0.25) is 11.7 Å². The van der Waals surface area contributed by atoms with Crippen molar-refractivity contribution in [2.24, 2.45) is 5.73 Å². The average Bonchev–Trinajstić information content (AvgIpc) is 2.89.